The fourth-order valence-corrected chi connectivity index (χ4v) is 3.18. The molecule has 1 heterocycles. The normalized spacial score (nSPS) is 10.7. The Kier molecular flexibility index (Phi) is 6.61. The van der Waals surface area contributed by atoms with Crippen LogP contribution in [0.1, 0.15) is 34.2 Å². The minimum Gasteiger partial charge on any atom is -0.350 e. The largest absolute Gasteiger partial charge is 0.350 e. The van der Waals surface area contributed by atoms with Gasteiger partial charge in [0.1, 0.15) is 5.82 Å². The minimum atomic E-state index is -0.322. The standard InChI is InChI=1S/C23H25FN4O2/c1-4-27(15-22(29)25-14-18-5-9-20(24)10-6-18)23(30)19-7-11-21(12-8-19)28-17(3)13-16(2)26-28/h5-13H,4,14-15H2,1-3H3,(H,25,29). The maximum absolute atomic E-state index is 13.0. The topological polar surface area (TPSA) is 67.2 Å². The highest BCUT2D eigenvalue weighted by Crippen LogP contribution is 2.14. The summed E-state index contributed by atoms with van der Waals surface area (Å²) in [6.45, 7) is 6.37. The van der Waals surface area contributed by atoms with Crippen molar-refractivity contribution in [2.45, 2.75) is 27.3 Å². The first-order chi connectivity index (χ1) is 14.4. The van der Waals surface area contributed by atoms with E-state index < -0.39 is 0 Å². The summed E-state index contributed by atoms with van der Waals surface area (Å²) >= 11 is 0. The van der Waals surface area contributed by atoms with Gasteiger partial charge in [-0.25, -0.2) is 9.07 Å². The molecule has 3 rings (SSSR count). The number of halogens is 1. The Bertz CT molecular complexity index is 1030. The number of hydrogen-bond acceptors (Lipinski definition) is 3. The van der Waals surface area contributed by atoms with E-state index in [1.54, 1.807) is 24.3 Å². The van der Waals surface area contributed by atoms with E-state index in [0.29, 0.717) is 12.1 Å². The van der Waals surface area contributed by atoms with Gasteiger partial charge in [0.15, 0.2) is 0 Å². The highest BCUT2D eigenvalue weighted by Gasteiger charge is 2.17. The number of carbonyl (C=O) groups is 2. The molecule has 0 bridgehead atoms. The molecular weight excluding hydrogens is 383 g/mol. The third kappa shape index (κ3) is 5.11. The molecule has 6 nitrogen and oxygen atoms in total. The molecule has 7 heteroatoms. The molecule has 0 aliphatic heterocycles. The Morgan fingerprint density at radius 2 is 1.73 bits per heavy atom. The Morgan fingerprint density at radius 1 is 1.07 bits per heavy atom. The van der Waals surface area contributed by atoms with Crippen LogP contribution in [0.3, 0.4) is 0 Å². The highest BCUT2D eigenvalue weighted by molar-refractivity contribution is 5.96. The van der Waals surface area contributed by atoms with E-state index in [1.807, 2.05) is 43.7 Å². The molecule has 0 saturated heterocycles. The summed E-state index contributed by atoms with van der Waals surface area (Å²) in [6, 6.07) is 15.1. The molecule has 0 unspecified atom stereocenters. The number of nitrogens with one attached hydrogen (secondary N) is 1. The molecule has 0 fully saturated rings. The van der Waals surface area contributed by atoms with Gasteiger partial charge in [-0.3, -0.25) is 9.59 Å². The number of aryl methyl sites for hydroxylation is 2. The van der Waals surface area contributed by atoms with Gasteiger partial charge in [0.2, 0.25) is 5.91 Å². The molecular formula is C23H25FN4O2. The highest BCUT2D eigenvalue weighted by atomic mass is 19.1. The molecule has 0 saturated carbocycles. The molecule has 0 spiro atoms. The maximum atomic E-state index is 13.0. The van der Waals surface area contributed by atoms with Crippen molar-refractivity contribution in [3.05, 3.63) is 82.9 Å². The molecule has 2 aromatic carbocycles. The van der Waals surface area contributed by atoms with Crippen LogP contribution in [0.5, 0.6) is 0 Å². The Balaban J connectivity index is 1.61. The predicted molar refractivity (Wildman–Crippen MR) is 113 cm³/mol. The van der Waals surface area contributed by atoms with Gasteiger partial charge in [-0.2, -0.15) is 5.10 Å². The van der Waals surface area contributed by atoms with Crippen molar-refractivity contribution in [2.24, 2.45) is 0 Å². The predicted octanol–water partition coefficient (Wildman–Crippen LogP) is 3.41. The number of rotatable bonds is 7. The van der Waals surface area contributed by atoms with E-state index in [0.717, 1.165) is 22.6 Å². The van der Waals surface area contributed by atoms with Gasteiger partial charge in [0, 0.05) is 24.3 Å². The molecule has 30 heavy (non-hydrogen) atoms. The number of benzene rings is 2. The first kappa shape index (κ1) is 21.2. The van der Waals surface area contributed by atoms with E-state index in [-0.39, 0.29) is 30.7 Å². The molecule has 156 valence electrons. The van der Waals surface area contributed by atoms with E-state index >= 15 is 0 Å². The zero-order chi connectivity index (χ0) is 21.7. The van der Waals surface area contributed by atoms with Crippen molar-refractivity contribution in [3.8, 4) is 5.69 Å². The summed E-state index contributed by atoms with van der Waals surface area (Å²) in [5, 5.41) is 7.21. The maximum Gasteiger partial charge on any atom is 0.254 e. The lowest BCUT2D eigenvalue weighted by molar-refractivity contribution is -0.121. The van der Waals surface area contributed by atoms with Gasteiger partial charge < -0.3 is 10.2 Å². The van der Waals surface area contributed by atoms with Crippen LogP contribution in [0.4, 0.5) is 4.39 Å². The van der Waals surface area contributed by atoms with E-state index in [9.17, 15) is 14.0 Å². The Hall–Kier alpha value is -3.48. The average molecular weight is 408 g/mol. The zero-order valence-electron chi connectivity index (χ0n) is 17.4. The van der Waals surface area contributed by atoms with Crippen molar-refractivity contribution < 1.29 is 14.0 Å². The number of likely N-dealkylation sites (N-methyl/N-ethyl adjacent to an activating group) is 1. The van der Waals surface area contributed by atoms with Crippen LogP contribution >= 0.6 is 0 Å². The second-order valence-corrected chi connectivity index (χ2v) is 7.11. The number of aromatic nitrogens is 2. The summed E-state index contributed by atoms with van der Waals surface area (Å²) in [7, 11) is 0. The Labute approximate surface area is 175 Å². The van der Waals surface area contributed by atoms with Gasteiger partial charge in [-0.05, 0) is 68.8 Å². The summed E-state index contributed by atoms with van der Waals surface area (Å²) in [5.41, 5.74) is 4.11. The second kappa shape index (κ2) is 9.35. The van der Waals surface area contributed by atoms with Crippen LogP contribution < -0.4 is 5.32 Å². The fourth-order valence-electron chi connectivity index (χ4n) is 3.18. The van der Waals surface area contributed by atoms with Gasteiger partial charge in [-0.15, -0.1) is 0 Å². The van der Waals surface area contributed by atoms with Crippen LogP contribution in [-0.2, 0) is 11.3 Å². The van der Waals surface area contributed by atoms with Gasteiger partial charge in [0.25, 0.3) is 5.91 Å². The lowest BCUT2D eigenvalue weighted by Crippen LogP contribution is -2.40. The third-order valence-corrected chi connectivity index (χ3v) is 4.77. The van der Waals surface area contributed by atoms with Crippen molar-refractivity contribution in [2.75, 3.05) is 13.1 Å². The average Bonchev–Trinajstić information content (AvgIpc) is 3.09. The van der Waals surface area contributed by atoms with Crippen molar-refractivity contribution in [3.63, 3.8) is 0 Å². The fraction of sp³-hybridized carbons (Fsp3) is 0.261. The van der Waals surface area contributed by atoms with Crippen LogP contribution in [0, 0.1) is 19.7 Å². The molecule has 1 N–H and O–H groups in total. The third-order valence-electron chi connectivity index (χ3n) is 4.77. The minimum absolute atomic E-state index is 0.0459. The van der Waals surface area contributed by atoms with Crippen LogP contribution in [-0.4, -0.2) is 39.6 Å². The molecule has 0 aliphatic carbocycles. The zero-order valence-corrected chi connectivity index (χ0v) is 17.4. The van der Waals surface area contributed by atoms with E-state index in [2.05, 4.69) is 10.4 Å². The van der Waals surface area contributed by atoms with Crippen molar-refractivity contribution in [1.29, 1.82) is 0 Å². The van der Waals surface area contributed by atoms with E-state index in [4.69, 9.17) is 0 Å². The molecule has 0 aliphatic rings. The molecule has 1 aromatic heterocycles. The second-order valence-electron chi connectivity index (χ2n) is 7.11. The lowest BCUT2D eigenvalue weighted by Gasteiger charge is -2.20. The summed E-state index contributed by atoms with van der Waals surface area (Å²) < 4.78 is 14.8. The summed E-state index contributed by atoms with van der Waals surface area (Å²) in [4.78, 5) is 26.6. The monoisotopic (exact) mass is 408 g/mol. The smallest absolute Gasteiger partial charge is 0.254 e. The lowest BCUT2D eigenvalue weighted by atomic mass is 10.1. The number of amides is 2. The van der Waals surface area contributed by atoms with Crippen LogP contribution in [0.2, 0.25) is 0 Å². The first-order valence-electron chi connectivity index (χ1n) is 9.81. The van der Waals surface area contributed by atoms with Crippen LogP contribution in [0.25, 0.3) is 5.69 Å². The van der Waals surface area contributed by atoms with Gasteiger partial charge in [-0.1, -0.05) is 12.1 Å². The van der Waals surface area contributed by atoms with Gasteiger partial charge >= 0.3 is 0 Å². The van der Waals surface area contributed by atoms with Crippen molar-refractivity contribution >= 4 is 11.8 Å². The van der Waals surface area contributed by atoms with E-state index in [1.165, 1.54) is 17.0 Å². The summed E-state index contributed by atoms with van der Waals surface area (Å²) in [6.07, 6.45) is 0. The molecule has 2 amide bonds. The molecule has 3 aromatic rings. The number of carbonyl (C=O) groups excluding carboxylic acids is 2. The SMILES string of the molecule is CCN(CC(=O)NCc1ccc(F)cc1)C(=O)c1ccc(-n2nc(C)cc2C)cc1. The molecule has 0 radical (unpaired) electrons. The quantitative estimate of drug-likeness (QED) is 0.652. The number of hydrogen-bond donors (Lipinski definition) is 1. The first-order valence-corrected chi connectivity index (χ1v) is 9.81. The summed E-state index contributed by atoms with van der Waals surface area (Å²) in [5.74, 6) is -0.806. The van der Waals surface area contributed by atoms with Crippen molar-refractivity contribution in [1.82, 2.24) is 20.0 Å². The molecule has 0 atom stereocenters. The Morgan fingerprint density at radius 3 is 2.30 bits per heavy atom. The van der Waals surface area contributed by atoms with Gasteiger partial charge in [0.05, 0.1) is 17.9 Å². The van der Waals surface area contributed by atoms with Crippen LogP contribution in [0.15, 0.2) is 54.6 Å². The number of nitrogens with zero attached hydrogens (tertiary/aromatic N) is 3.